The van der Waals surface area contributed by atoms with Crippen molar-refractivity contribution in [3.63, 3.8) is 0 Å². The van der Waals surface area contributed by atoms with E-state index < -0.39 is 5.97 Å². The fourth-order valence-electron chi connectivity index (χ4n) is 2.68. The van der Waals surface area contributed by atoms with E-state index in [2.05, 4.69) is 23.7 Å². The Hall–Kier alpha value is -2.12. The predicted octanol–water partition coefficient (Wildman–Crippen LogP) is 3.80. The maximum absolute atomic E-state index is 11.5. The fraction of sp³-hybridized carbons (Fsp3) is 0.474. The van der Waals surface area contributed by atoms with E-state index >= 15 is 0 Å². The zero-order valence-corrected chi connectivity index (χ0v) is 16.6. The Kier molecular flexibility index (Phi) is 7.41. The molecule has 0 spiro atoms. The Bertz CT molecular complexity index is 741. The van der Waals surface area contributed by atoms with E-state index in [-0.39, 0.29) is 4.88 Å². The van der Waals surface area contributed by atoms with Gasteiger partial charge in [0.05, 0.1) is 18.4 Å². The number of thiazole rings is 1. The normalized spacial score (nSPS) is 11.0. The SMILES string of the molecule is CCc1nc(-c2cccc(OC)c2OCCN(CC)CC)sc1C(=O)O. The first-order valence-corrected chi connectivity index (χ1v) is 9.62. The number of methoxy groups -OCH3 is 1. The molecule has 1 aromatic carbocycles. The molecule has 6 nitrogen and oxygen atoms in total. The first-order chi connectivity index (χ1) is 12.5. The number of hydrogen-bond acceptors (Lipinski definition) is 6. The van der Waals surface area contributed by atoms with E-state index in [1.165, 1.54) is 11.3 Å². The van der Waals surface area contributed by atoms with Gasteiger partial charge in [-0.25, -0.2) is 9.78 Å². The van der Waals surface area contributed by atoms with Gasteiger partial charge in [0.2, 0.25) is 0 Å². The summed E-state index contributed by atoms with van der Waals surface area (Å²) in [7, 11) is 1.60. The summed E-state index contributed by atoms with van der Waals surface area (Å²) in [6.45, 7) is 9.40. The lowest BCUT2D eigenvalue weighted by molar-refractivity contribution is 0.0701. The number of carboxylic acid groups (broad SMARTS) is 1. The van der Waals surface area contributed by atoms with Crippen LogP contribution in [0, 0.1) is 0 Å². The Labute approximate surface area is 158 Å². The highest BCUT2D eigenvalue weighted by Crippen LogP contribution is 2.40. The van der Waals surface area contributed by atoms with E-state index in [0.717, 1.165) is 25.2 Å². The number of aryl methyl sites for hydroxylation is 1. The Morgan fingerprint density at radius 1 is 1.27 bits per heavy atom. The topological polar surface area (TPSA) is 71.9 Å². The molecule has 7 heteroatoms. The van der Waals surface area contributed by atoms with Crippen molar-refractivity contribution < 1.29 is 19.4 Å². The molecular formula is C19H26N2O4S. The van der Waals surface area contributed by atoms with Crippen LogP contribution in [0.2, 0.25) is 0 Å². The summed E-state index contributed by atoms with van der Waals surface area (Å²) in [4.78, 5) is 18.5. The minimum absolute atomic E-state index is 0.277. The number of benzene rings is 1. The maximum Gasteiger partial charge on any atom is 0.347 e. The molecule has 0 radical (unpaired) electrons. The highest BCUT2D eigenvalue weighted by molar-refractivity contribution is 7.17. The number of aromatic nitrogens is 1. The lowest BCUT2D eigenvalue weighted by Crippen LogP contribution is -2.28. The van der Waals surface area contributed by atoms with Crippen molar-refractivity contribution in [2.45, 2.75) is 27.2 Å². The molecule has 0 aliphatic carbocycles. The molecule has 142 valence electrons. The van der Waals surface area contributed by atoms with E-state index in [9.17, 15) is 9.90 Å². The van der Waals surface area contributed by atoms with Crippen LogP contribution in [0.25, 0.3) is 10.6 Å². The van der Waals surface area contributed by atoms with Gasteiger partial charge in [-0.15, -0.1) is 11.3 Å². The minimum Gasteiger partial charge on any atom is -0.493 e. The van der Waals surface area contributed by atoms with Gasteiger partial charge in [0, 0.05) is 6.54 Å². The summed E-state index contributed by atoms with van der Waals surface area (Å²) in [6.07, 6.45) is 0.570. The molecule has 0 amide bonds. The molecule has 1 heterocycles. The van der Waals surface area contributed by atoms with Crippen molar-refractivity contribution in [2.75, 3.05) is 33.4 Å². The van der Waals surface area contributed by atoms with Gasteiger partial charge in [0.25, 0.3) is 0 Å². The number of nitrogens with zero attached hydrogens (tertiary/aromatic N) is 2. The van der Waals surface area contributed by atoms with E-state index in [0.29, 0.717) is 35.2 Å². The van der Waals surface area contributed by atoms with E-state index in [1.54, 1.807) is 7.11 Å². The molecule has 2 rings (SSSR count). The largest absolute Gasteiger partial charge is 0.493 e. The number of para-hydroxylation sites is 1. The maximum atomic E-state index is 11.5. The number of hydrogen-bond donors (Lipinski definition) is 1. The summed E-state index contributed by atoms with van der Waals surface area (Å²) >= 11 is 1.17. The highest BCUT2D eigenvalue weighted by Gasteiger charge is 2.21. The second-order valence-corrected chi connectivity index (χ2v) is 6.66. The summed E-state index contributed by atoms with van der Waals surface area (Å²) in [5.41, 5.74) is 1.35. The summed E-state index contributed by atoms with van der Waals surface area (Å²) in [6, 6.07) is 5.58. The van der Waals surface area contributed by atoms with Crippen LogP contribution >= 0.6 is 11.3 Å². The van der Waals surface area contributed by atoms with Crippen molar-refractivity contribution in [3.05, 3.63) is 28.8 Å². The van der Waals surface area contributed by atoms with Gasteiger partial charge in [0.15, 0.2) is 11.5 Å². The highest BCUT2D eigenvalue weighted by atomic mass is 32.1. The molecule has 0 fully saturated rings. The van der Waals surface area contributed by atoms with Crippen LogP contribution in [-0.2, 0) is 6.42 Å². The third-order valence-electron chi connectivity index (χ3n) is 4.20. The van der Waals surface area contributed by atoms with Gasteiger partial charge >= 0.3 is 5.97 Å². The first-order valence-electron chi connectivity index (χ1n) is 8.81. The monoisotopic (exact) mass is 378 g/mol. The summed E-state index contributed by atoms with van der Waals surface area (Å²) in [5, 5.41) is 10.0. The summed E-state index contributed by atoms with van der Waals surface area (Å²) in [5.74, 6) is 0.278. The molecule has 0 aliphatic heterocycles. The molecule has 1 N–H and O–H groups in total. The summed E-state index contributed by atoms with van der Waals surface area (Å²) < 4.78 is 11.5. The van der Waals surface area contributed by atoms with Gasteiger partial charge in [-0.1, -0.05) is 26.8 Å². The third-order valence-corrected chi connectivity index (χ3v) is 5.32. The minimum atomic E-state index is -0.947. The van der Waals surface area contributed by atoms with Gasteiger partial charge < -0.3 is 19.5 Å². The zero-order chi connectivity index (χ0) is 19.1. The Morgan fingerprint density at radius 2 is 2.00 bits per heavy atom. The first kappa shape index (κ1) is 20.2. The standard InChI is InChI=1S/C19H26N2O4S/c1-5-14-17(19(22)23)26-18(20-14)13-9-8-10-15(24-4)16(13)25-12-11-21(6-2)7-3/h8-10H,5-7,11-12H2,1-4H3,(H,22,23). The molecule has 2 aromatic rings. The Morgan fingerprint density at radius 3 is 2.54 bits per heavy atom. The van der Waals surface area contributed by atoms with Crippen molar-refractivity contribution in [1.29, 1.82) is 0 Å². The predicted molar refractivity (Wildman–Crippen MR) is 104 cm³/mol. The van der Waals surface area contributed by atoms with E-state index in [1.807, 2.05) is 25.1 Å². The second-order valence-electron chi connectivity index (χ2n) is 5.67. The lowest BCUT2D eigenvalue weighted by atomic mass is 10.2. The number of aromatic carboxylic acids is 1. The lowest BCUT2D eigenvalue weighted by Gasteiger charge is -2.19. The van der Waals surface area contributed by atoms with Crippen molar-refractivity contribution >= 4 is 17.3 Å². The van der Waals surface area contributed by atoms with Crippen LogP contribution in [0.1, 0.15) is 36.1 Å². The average molecular weight is 378 g/mol. The van der Waals surface area contributed by atoms with Gasteiger partial charge in [-0.05, 0) is 31.6 Å². The molecule has 0 unspecified atom stereocenters. The third kappa shape index (κ3) is 4.53. The molecule has 1 aromatic heterocycles. The number of likely N-dealkylation sites (N-methyl/N-ethyl adjacent to an activating group) is 1. The van der Waals surface area contributed by atoms with Gasteiger partial charge in [-0.2, -0.15) is 0 Å². The molecule has 0 saturated heterocycles. The molecule has 26 heavy (non-hydrogen) atoms. The Balaban J connectivity index is 2.35. The number of carbonyl (C=O) groups is 1. The van der Waals surface area contributed by atoms with Crippen LogP contribution in [-0.4, -0.2) is 54.3 Å². The zero-order valence-electron chi connectivity index (χ0n) is 15.7. The van der Waals surface area contributed by atoms with Crippen LogP contribution in [0.4, 0.5) is 0 Å². The fourth-order valence-corrected chi connectivity index (χ4v) is 3.70. The smallest absolute Gasteiger partial charge is 0.347 e. The average Bonchev–Trinajstić information content (AvgIpc) is 3.09. The van der Waals surface area contributed by atoms with Crippen LogP contribution in [0.5, 0.6) is 11.5 Å². The molecular weight excluding hydrogens is 352 g/mol. The molecule has 0 atom stereocenters. The van der Waals surface area contributed by atoms with Crippen LogP contribution in [0.15, 0.2) is 18.2 Å². The molecule has 0 aliphatic rings. The van der Waals surface area contributed by atoms with Crippen molar-refractivity contribution in [3.8, 4) is 22.1 Å². The van der Waals surface area contributed by atoms with Crippen molar-refractivity contribution in [2.24, 2.45) is 0 Å². The quantitative estimate of drug-likeness (QED) is 0.678. The van der Waals surface area contributed by atoms with Gasteiger partial charge in [0.1, 0.15) is 16.5 Å². The van der Waals surface area contributed by atoms with Crippen molar-refractivity contribution in [1.82, 2.24) is 9.88 Å². The van der Waals surface area contributed by atoms with E-state index in [4.69, 9.17) is 9.47 Å². The number of rotatable bonds is 10. The van der Waals surface area contributed by atoms with Crippen LogP contribution in [0.3, 0.4) is 0 Å². The van der Waals surface area contributed by atoms with Crippen LogP contribution < -0.4 is 9.47 Å². The van der Waals surface area contributed by atoms with Gasteiger partial charge in [-0.3, -0.25) is 0 Å². The second kappa shape index (κ2) is 9.54. The molecule has 0 bridgehead atoms. The number of ether oxygens (including phenoxy) is 2. The number of carboxylic acids is 1. The molecule has 0 saturated carbocycles.